The van der Waals surface area contributed by atoms with Gasteiger partial charge in [-0.25, -0.2) is 62.9 Å². The fourth-order valence-electron chi connectivity index (χ4n) is 6.12. The van der Waals surface area contributed by atoms with Gasteiger partial charge in [-0.15, -0.1) is 0 Å². The van der Waals surface area contributed by atoms with E-state index in [0.717, 1.165) is 79.8 Å². The number of hydrogen-bond donors (Lipinski definition) is 4. The fourth-order valence-corrected chi connectivity index (χ4v) is 8.77. The molecule has 0 bridgehead atoms. The minimum absolute atomic E-state index is 0. The van der Waals surface area contributed by atoms with Crippen LogP contribution in [0.5, 0.6) is 0 Å². The third-order valence-corrected chi connectivity index (χ3v) is 13.0. The highest BCUT2D eigenvalue weighted by Crippen LogP contribution is 2.28. The third-order valence-electron chi connectivity index (χ3n) is 9.69. The van der Waals surface area contributed by atoms with Crippen LogP contribution in [0.25, 0.3) is 0 Å². The van der Waals surface area contributed by atoms with E-state index in [1.807, 2.05) is 37.5 Å². The first kappa shape index (κ1) is 66.2. The van der Waals surface area contributed by atoms with Crippen LogP contribution in [0.15, 0.2) is 73.3 Å². The monoisotopic (exact) mass is 1190 g/mol. The van der Waals surface area contributed by atoms with Crippen molar-refractivity contribution in [3.8, 4) is 0 Å². The number of nitrogen functional groups attached to an aromatic ring is 1. The Bertz CT molecular complexity index is 2910. The van der Waals surface area contributed by atoms with Crippen LogP contribution in [-0.2, 0) is 14.3 Å². The Morgan fingerprint density at radius 1 is 0.595 bits per heavy atom. The summed E-state index contributed by atoms with van der Waals surface area (Å²) in [5.74, 6) is 3.08. The van der Waals surface area contributed by atoms with Crippen molar-refractivity contribution in [3.63, 3.8) is 0 Å². The Labute approximate surface area is 476 Å². The largest absolute Gasteiger partial charge is 0.466 e. The van der Waals surface area contributed by atoms with E-state index in [9.17, 15) is 27.2 Å². The van der Waals surface area contributed by atoms with Gasteiger partial charge in [-0.1, -0.05) is 33.1 Å². The van der Waals surface area contributed by atoms with Crippen molar-refractivity contribution >= 4 is 108 Å². The summed E-state index contributed by atoms with van der Waals surface area (Å²) in [5.41, 5.74) is 6.77. The quantitative estimate of drug-likeness (QED) is 0.0171. The standard InChI is InChI=1S/C17H23FN4O2S.C15H20FN5O2S.C8H7FN4S.C5H5FN2.C3H3ClN2S.CH4/c1-3-24-16(23)8-6-4-5-7-11-22(17-20-13(2)21-25-17)15-10-9-14(18)12-19-15;1-11-18-15(24-20-11)21(13-8-7-12(16)10-17-13)9-5-3-2-4-6-14(22)19-23;1-5-11-8(14-13-5)12-7-3-2-6(9)4-10-7;6-4-1-2-5(7)8-3-4;1-2-5-3(4)7-6-2;/h9-10,12H,3-8,11H2,1-2H3;7-8,10,23H,2-6,9H2,1H3,(H,19,22);2-4H,1H3,(H,10,11,12,13);1-3H,(H2,7,8);1H3;1H4. The topological polar surface area (TPSA) is 275 Å². The third kappa shape index (κ3) is 26.9. The Kier molecular flexibility index (Phi) is 31.0. The molecule has 8 aromatic heterocycles. The highest BCUT2D eigenvalue weighted by atomic mass is 35.5. The molecule has 0 aromatic carbocycles. The number of aryl methyl sites for hydroxylation is 4. The zero-order valence-corrected chi connectivity index (χ0v) is 47.2. The van der Waals surface area contributed by atoms with Gasteiger partial charge in [-0.2, -0.15) is 17.5 Å². The van der Waals surface area contributed by atoms with Crippen LogP contribution in [0.3, 0.4) is 0 Å². The molecule has 0 fully saturated rings. The van der Waals surface area contributed by atoms with Crippen molar-refractivity contribution < 1.29 is 37.1 Å². The summed E-state index contributed by atoms with van der Waals surface area (Å²) in [4.78, 5) is 58.4. The average molecular weight is 1190 g/mol. The number of rotatable bonds is 21. The molecule has 0 spiro atoms. The maximum atomic E-state index is 13.1. The minimum Gasteiger partial charge on any atom is -0.466 e. The van der Waals surface area contributed by atoms with E-state index in [1.54, 1.807) is 30.6 Å². The van der Waals surface area contributed by atoms with E-state index in [2.05, 4.69) is 62.7 Å². The lowest BCUT2D eigenvalue weighted by Gasteiger charge is -2.20. The molecule has 5 N–H and O–H groups in total. The van der Waals surface area contributed by atoms with E-state index >= 15 is 0 Å². The van der Waals surface area contributed by atoms with Gasteiger partial charge in [0.1, 0.15) is 69.8 Å². The zero-order chi connectivity index (χ0) is 56.7. The van der Waals surface area contributed by atoms with Crippen LogP contribution in [0.4, 0.5) is 56.2 Å². The first-order valence-corrected chi connectivity index (χ1v) is 27.5. The number of halogens is 5. The van der Waals surface area contributed by atoms with Crippen molar-refractivity contribution in [2.24, 2.45) is 0 Å². The molecular weight excluding hydrogens is 1130 g/mol. The van der Waals surface area contributed by atoms with Crippen LogP contribution in [0.1, 0.15) is 102 Å². The summed E-state index contributed by atoms with van der Waals surface area (Å²) in [7, 11) is 0. The molecule has 8 heterocycles. The number of nitrogens with two attached hydrogens (primary N) is 1. The number of nitrogens with one attached hydrogen (secondary N) is 2. The Morgan fingerprint density at radius 3 is 1.42 bits per heavy atom. The maximum Gasteiger partial charge on any atom is 0.305 e. The van der Waals surface area contributed by atoms with Gasteiger partial charge in [-0.3, -0.25) is 14.8 Å². The summed E-state index contributed by atoms with van der Waals surface area (Å²) in [6.07, 6.45) is 12.5. The molecule has 30 heteroatoms. The van der Waals surface area contributed by atoms with Crippen molar-refractivity contribution in [3.05, 3.63) is 124 Å². The number of esters is 1. The van der Waals surface area contributed by atoms with E-state index in [4.69, 9.17) is 27.3 Å². The number of carbonyl (C=O) groups excluding carboxylic acids is 2. The van der Waals surface area contributed by atoms with Gasteiger partial charge in [0, 0.05) is 60.5 Å². The van der Waals surface area contributed by atoms with Crippen molar-refractivity contribution in [1.82, 2.24) is 62.8 Å². The Morgan fingerprint density at radius 2 is 1.05 bits per heavy atom. The molecule has 0 aliphatic carbocycles. The molecule has 0 saturated heterocycles. The first-order valence-electron chi connectivity index (χ1n) is 24.0. The van der Waals surface area contributed by atoms with Crippen LogP contribution >= 0.6 is 57.7 Å². The molecular formula is C49H62ClF4N17O4S4. The predicted octanol–water partition coefficient (Wildman–Crippen LogP) is 12.1. The molecule has 79 heavy (non-hydrogen) atoms. The number of hydrogen-bond acceptors (Lipinski definition) is 24. The second kappa shape index (κ2) is 36.9. The lowest BCUT2D eigenvalue weighted by molar-refractivity contribution is -0.143. The molecule has 426 valence electrons. The molecule has 0 aliphatic rings. The molecule has 21 nitrogen and oxygen atoms in total. The van der Waals surface area contributed by atoms with Crippen LogP contribution in [-0.4, -0.2) is 94.1 Å². The SMILES string of the molecule is C.CCOC(=O)CCCCCCN(c1ccc(F)cn1)c1nc(C)ns1.Cc1nsc(Cl)n1.Cc1nsc(N(CCCCCCC(=O)NO)c2ccc(F)cn2)n1.Cc1nsc(Nc2ccc(F)cn2)n1.Nc1ccc(F)cn1. The summed E-state index contributed by atoms with van der Waals surface area (Å²) in [5, 5.41) is 13.5. The second-order valence-electron chi connectivity index (χ2n) is 16.0. The molecule has 8 aromatic rings. The Balaban J connectivity index is 0.000000279. The zero-order valence-electron chi connectivity index (χ0n) is 43.2. The van der Waals surface area contributed by atoms with Gasteiger partial charge >= 0.3 is 5.97 Å². The number of hydroxylamine groups is 1. The van der Waals surface area contributed by atoms with Crippen molar-refractivity contribution in [2.45, 2.75) is 106 Å². The molecule has 8 rings (SSSR count). The molecule has 0 radical (unpaired) electrons. The number of nitrogens with zero attached hydrogens (tertiary/aromatic N) is 14. The van der Waals surface area contributed by atoms with Crippen LogP contribution < -0.4 is 26.3 Å². The van der Waals surface area contributed by atoms with Crippen LogP contribution in [0.2, 0.25) is 4.47 Å². The van der Waals surface area contributed by atoms with Gasteiger partial charge in [0.2, 0.25) is 25.8 Å². The second-order valence-corrected chi connectivity index (χ2v) is 19.6. The number of unbranched alkanes of at least 4 members (excludes halogenated alkanes) is 6. The molecule has 0 atom stereocenters. The normalized spacial score (nSPS) is 10.2. The number of aromatic nitrogens is 12. The number of carbonyl (C=O) groups is 2. The smallest absolute Gasteiger partial charge is 0.305 e. The summed E-state index contributed by atoms with van der Waals surface area (Å²) in [6, 6.07) is 11.6. The average Bonchev–Trinajstić information content (AvgIpc) is 4.25. The fraction of sp³-hybridized carbons (Fsp3) is 0.388. The highest BCUT2D eigenvalue weighted by molar-refractivity contribution is 7.10. The number of ether oxygens (including phenoxy) is 1. The maximum absolute atomic E-state index is 13.1. The highest BCUT2D eigenvalue weighted by Gasteiger charge is 2.17. The summed E-state index contributed by atoms with van der Waals surface area (Å²) >= 11 is 10.4. The molecule has 0 aliphatic heterocycles. The molecule has 1 amide bonds. The lowest BCUT2D eigenvalue weighted by atomic mass is 10.1. The van der Waals surface area contributed by atoms with E-state index < -0.39 is 0 Å². The van der Waals surface area contributed by atoms with Crippen LogP contribution in [0, 0.1) is 51.0 Å². The molecule has 0 saturated carbocycles. The van der Waals surface area contributed by atoms with Crippen molar-refractivity contribution in [1.29, 1.82) is 0 Å². The van der Waals surface area contributed by atoms with Gasteiger partial charge in [0.15, 0.2) is 0 Å². The molecule has 0 unspecified atom stereocenters. The number of pyridine rings is 4. The van der Waals surface area contributed by atoms with Gasteiger partial charge in [0.25, 0.3) is 0 Å². The minimum atomic E-state index is -0.380. The summed E-state index contributed by atoms with van der Waals surface area (Å²) in [6.45, 7) is 10.9. The lowest BCUT2D eigenvalue weighted by Crippen LogP contribution is -2.20. The summed E-state index contributed by atoms with van der Waals surface area (Å²) < 4.78 is 72.3. The Hall–Kier alpha value is -7.05. The predicted molar refractivity (Wildman–Crippen MR) is 302 cm³/mol. The van der Waals surface area contributed by atoms with E-state index in [0.29, 0.717) is 82.9 Å². The van der Waals surface area contributed by atoms with Crippen molar-refractivity contribution in [2.75, 3.05) is 40.5 Å². The van der Waals surface area contributed by atoms with Gasteiger partial charge in [0.05, 0.1) is 31.4 Å². The number of anilines is 7. The van der Waals surface area contributed by atoms with E-state index in [1.165, 1.54) is 88.9 Å². The van der Waals surface area contributed by atoms with Gasteiger partial charge < -0.3 is 25.6 Å². The first-order chi connectivity index (χ1) is 37.5. The van der Waals surface area contributed by atoms with Gasteiger partial charge in [-0.05, 0) is 132 Å². The van der Waals surface area contributed by atoms with E-state index in [-0.39, 0.29) is 42.6 Å². The number of amides is 1.